The summed E-state index contributed by atoms with van der Waals surface area (Å²) in [4.78, 5) is 1.11. The predicted octanol–water partition coefficient (Wildman–Crippen LogP) is 7.92. The third-order valence-electron chi connectivity index (χ3n) is 8.80. The molecule has 2 aliphatic heterocycles. The molecule has 3 aromatic rings. The van der Waals surface area contributed by atoms with Crippen molar-refractivity contribution >= 4 is 34.0 Å². The molecule has 6 nitrogen and oxygen atoms in total. The van der Waals surface area contributed by atoms with Gasteiger partial charge in [-0.1, -0.05) is 38.2 Å². The number of ether oxygens (including phenoxy) is 2. The Labute approximate surface area is 269 Å². The van der Waals surface area contributed by atoms with Gasteiger partial charge in [0.05, 0.1) is 43.8 Å². The molecule has 3 heterocycles. The Bertz CT molecular complexity index is 1460. The number of aromatic nitrogens is 1. The van der Waals surface area contributed by atoms with E-state index in [9.17, 15) is 13.2 Å². The summed E-state index contributed by atoms with van der Waals surface area (Å²) in [6.45, 7) is 5.73. The molecule has 1 aliphatic carbocycles. The largest absolute Gasteiger partial charge is 0.495 e. The highest BCUT2D eigenvalue weighted by molar-refractivity contribution is 7.99. The van der Waals surface area contributed by atoms with Gasteiger partial charge < -0.3 is 30.0 Å². The minimum atomic E-state index is -4.35. The Morgan fingerprint density at radius 3 is 2.49 bits per heavy atom. The molecule has 244 valence electrons. The fourth-order valence-electron chi connectivity index (χ4n) is 6.32. The van der Waals surface area contributed by atoms with Gasteiger partial charge in [0.2, 0.25) is 0 Å². The maximum atomic E-state index is 13.5. The number of halogens is 3. The van der Waals surface area contributed by atoms with Crippen LogP contribution in [0.4, 0.5) is 24.5 Å². The van der Waals surface area contributed by atoms with Crippen LogP contribution in [-0.4, -0.2) is 62.5 Å². The van der Waals surface area contributed by atoms with Crippen molar-refractivity contribution in [2.75, 3.05) is 56.3 Å². The molecular formula is C35H45F3N4O2S. The van der Waals surface area contributed by atoms with E-state index in [4.69, 9.17) is 9.47 Å². The summed E-state index contributed by atoms with van der Waals surface area (Å²) in [6, 6.07) is 13.5. The zero-order valence-corrected chi connectivity index (χ0v) is 27.1. The third-order valence-corrected chi connectivity index (χ3v) is 9.67. The van der Waals surface area contributed by atoms with E-state index in [1.165, 1.54) is 49.8 Å². The first-order chi connectivity index (χ1) is 21.8. The zero-order chi connectivity index (χ0) is 31.7. The van der Waals surface area contributed by atoms with Crippen molar-refractivity contribution < 1.29 is 22.6 Å². The molecule has 0 unspecified atom stereocenters. The maximum Gasteiger partial charge on any atom is 0.406 e. The van der Waals surface area contributed by atoms with E-state index < -0.39 is 12.7 Å². The molecule has 0 atom stereocenters. The molecule has 2 aromatic carbocycles. The first-order valence-corrected chi connectivity index (χ1v) is 17.1. The van der Waals surface area contributed by atoms with E-state index >= 15 is 0 Å². The fraction of sp³-hybridized carbons (Fsp3) is 0.543. The van der Waals surface area contributed by atoms with Crippen LogP contribution in [-0.2, 0) is 11.3 Å². The number of anilines is 2. The van der Waals surface area contributed by atoms with Gasteiger partial charge >= 0.3 is 6.18 Å². The van der Waals surface area contributed by atoms with Crippen molar-refractivity contribution in [2.45, 2.75) is 75.5 Å². The predicted molar refractivity (Wildman–Crippen MR) is 179 cm³/mol. The molecule has 0 radical (unpaired) electrons. The average molecular weight is 643 g/mol. The number of fused-ring (bicyclic) bond motifs is 1. The van der Waals surface area contributed by atoms with Crippen LogP contribution in [0, 0.1) is 17.3 Å². The summed E-state index contributed by atoms with van der Waals surface area (Å²) >= 11 is 1.72. The number of methoxy groups -OCH3 is 1. The number of nitrogens with zero attached hydrogens (tertiary/aromatic N) is 1. The lowest BCUT2D eigenvalue weighted by Gasteiger charge is -2.44. The summed E-state index contributed by atoms with van der Waals surface area (Å²) in [5.41, 5.74) is 3.17. The third kappa shape index (κ3) is 9.05. The number of nitrogens with one attached hydrogen (secondary N) is 3. The second-order valence-electron chi connectivity index (χ2n) is 12.1. The van der Waals surface area contributed by atoms with Gasteiger partial charge in [-0.3, -0.25) is 0 Å². The van der Waals surface area contributed by atoms with Gasteiger partial charge in [0.25, 0.3) is 0 Å². The lowest BCUT2D eigenvalue weighted by atomic mass is 9.77. The van der Waals surface area contributed by atoms with E-state index in [0.29, 0.717) is 28.4 Å². The summed E-state index contributed by atoms with van der Waals surface area (Å²) in [7, 11) is 1.61. The number of hydrogen-bond donors (Lipinski definition) is 3. The highest BCUT2D eigenvalue weighted by Crippen LogP contribution is 2.36. The Balaban J connectivity index is 0.000000377. The number of hydrogen-bond acceptors (Lipinski definition) is 6. The number of benzene rings is 2. The Kier molecular flexibility index (Phi) is 11.5. The van der Waals surface area contributed by atoms with E-state index in [0.717, 1.165) is 53.5 Å². The molecule has 3 N–H and O–H groups in total. The van der Waals surface area contributed by atoms with Crippen LogP contribution in [0.3, 0.4) is 0 Å². The monoisotopic (exact) mass is 642 g/mol. The molecule has 1 spiro atoms. The van der Waals surface area contributed by atoms with Gasteiger partial charge in [0.1, 0.15) is 12.3 Å². The SMILES string of the molecule is C1CC2(CCN1)COC2.CCSc1ccc(NCC#Cc2cc3c(NC4CCCCC4)cccc3n2CC(F)(F)F)c(OC)c1. The Morgan fingerprint density at radius 1 is 1.07 bits per heavy atom. The summed E-state index contributed by atoms with van der Waals surface area (Å²) in [5, 5.41) is 10.9. The summed E-state index contributed by atoms with van der Waals surface area (Å²) in [5.74, 6) is 7.64. The summed E-state index contributed by atoms with van der Waals surface area (Å²) < 4.78 is 52.3. The van der Waals surface area contributed by atoms with Crippen LogP contribution in [0.2, 0.25) is 0 Å². The normalized spacial score (nSPS) is 17.9. The standard InChI is InChI=1S/C28H32F3N3OS.C7H13NO/c1-3-36-22-14-15-25(27(18-22)35-2)32-16-8-11-21-17-23-24(33-20-9-5-4-6-10-20)12-7-13-26(23)34(21)19-28(29,30)31;1-3-8-4-2-7(1)5-9-6-7/h7,12-15,17-18,20,32-33H,3-6,9-10,16,19H2,1-2H3;8H,1-6H2. The minimum absolute atomic E-state index is 0.275. The molecule has 6 rings (SSSR count). The lowest BCUT2D eigenvalue weighted by Crippen LogP contribution is -2.49. The topological polar surface area (TPSA) is 59.5 Å². The molecule has 1 aromatic heterocycles. The fourth-order valence-corrected chi connectivity index (χ4v) is 7.00. The van der Waals surface area contributed by atoms with Crippen LogP contribution in [0.5, 0.6) is 5.75 Å². The molecule has 45 heavy (non-hydrogen) atoms. The van der Waals surface area contributed by atoms with E-state index in [2.05, 4.69) is 34.7 Å². The van der Waals surface area contributed by atoms with Crippen LogP contribution >= 0.6 is 11.8 Å². The first-order valence-electron chi connectivity index (χ1n) is 16.1. The Morgan fingerprint density at radius 2 is 1.84 bits per heavy atom. The number of rotatable bonds is 8. The van der Waals surface area contributed by atoms with Crippen molar-refractivity contribution in [3.63, 3.8) is 0 Å². The molecule has 3 fully saturated rings. The van der Waals surface area contributed by atoms with Crippen molar-refractivity contribution in [1.82, 2.24) is 9.88 Å². The van der Waals surface area contributed by atoms with E-state index in [1.54, 1.807) is 31.0 Å². The number of alkyl halides is 3. The van der Waals surface area contributed by atoms with Crippen LogP contribution < -0.4 is 20.7 Å². The van der Waals surface area contributed by atoms with Gasteiger partial charge in [-0.25, -0.2) is 0 Å². The Hall–Kier alpha value is -3.00. The van der Waals surface area contributed by atoms with Gasteiger partial charge in [-0.2, -0.15) is 13.2 Å². The first kappa shape index (κ1) is 33.4. The van der Waals surface area contributed by atoms with Crippen LogP contribution in [0.1, 0.15) is 57.6 Å². The molecule has 3 aliphatic rings. The lowest BCUT2D eigenvalue weighted by molar-refractivity contribution is -0.140. The van der Waals surface area contributed by atoms with Gasteiger partial charge in [-0.05, 0) is 86.8 Å². The molecule has 0 amide bonds. The molecule has 0 bridgehead atoms. The van der Waals surface area contributed by atoms with E-state index in [1.807, 2.05) is 30.3 Å². The maximum absolute atomic E-state index is 13.5. The highest BCUT2D eigenvalue weighted by atomic mass is 32.2. The molecule has 2 saturated heterocycles. The quantitative estimate of drug-likeness (QED) is 0.172. The summed E-state index contributed by atoms with van der Waals surface area (Å²) in [6.07, 6.45) is 4.07. The highest BCUT2D eigenvalue weighted by Gasteiger charge is 2.39. The van der Waals surface area contributed by atoms with Gasteiger partial charge in [0.15, 0.2) is 0 Å². The smallest absolute Gasteiger partial charge is 0.406 e. The van der Waals surface area contributed by atoms with Gasteiger partial charge in [-0.15, -0.1) is 11.8 Å². The van der Waals surface area contributed by atoms with Crippen molar-refractivity contribution in [3.8, 4) is 17.6 Å². The number of thioether (sulfide) groups is 1. The zero-order valence-electron chi connectivity index (χ0n) is 26.3. The number of piperidine rings is 1. The van der Waals surface area contributed by atoms with E-state index in [-0.39, 0.29) is 6.54 Å². The minimum Gasteiger partial charge on any atom is -0.495 e. The van der Waals surface area contributed by atoms with Crippen LogP contribution in [0.15, 0.2) is 47.4 Å². The molecule has 1 saturated carbocycles. The average Bonchev–Trinajstić information content (AvgIpc) is 3.37. The molecular weight excluding hydrogens is 597 g/mol. The second kappa shape index (κ2) is 15.5. The molecule has 10 heteroatoms. The van der Waals surface area contributed by atoms with Gasteiger partial charge in [0, 0.05) is 27.4 Å². The van der Waals surface area contributed by atoms with Crippen molar-refractivity contribution in [2.24, 2.45) is 5.41 Å². The van der Waals surface area contributed by atoms with Crippen molar-refractivity contribution in [3.05, 3.63) is 48.2 Å². The van der Waals surface area contributed by atoms with Crippen molar-refractivity contribution in [1.29, 1.82) is 0 Å². The second-order valence-corrected chi connectivity index (χ2v) is 13.5. The van der Waals surface area contributed by atoms with Crippen LogP contribution in [0.25, 0.3) is 10.9 Å².